The molecule has 1 N–H and O–H groups in total. The van der Waals surface area contributed by atoms with Crippen LogP contribution >= 0.6 is 0 Å². The Labute approximate surface area is 159 Å². The lowest BCUT2D eigenvalue weighted by Crippen LogP contribution is -2.55. The van der Waals surface area contributed by atoms with Gasteiger partial charge < -0.3 is 19.9 Å². The molecule has 0 aromatic heterocycles. The van der Waals surface area contributed by atoms with Gasteiger partial charge in [0.2, 0.25) is 0 Å². The van der Waals surface area contributed by atoms with Crippen LogP contribution in [-0.4, -0.2) is 68.2 Å². The molecule has 6 nitrogen and oxygen atoms in total. The maximum absolute atomic E-state index is 13.7. The minimum absolute atomic E-state index is 0.139. The SMILES string of the molecule is CN(C)C(=O)[C@@H]1CN(C(=O)NCC2(c3cccc(F)c3)CCCC2)CCO1. The molecule has 0 spiro atoms. The van der Waals surface area contributed by atoms with Gasteiger partial charge in [-0.2, -0.15) is 0 Å². The molecule has 3 rings (SSSR count). The molecule has 1 saturated carbocycles. The Morgan fingerprint density at radius 1 is 1.33 bits per heavy atom. The zero-order chi connectivity index (χ0) is 19.4. The van der Waals surface area contributed by atoms with Crippen LogP contribution in [0.4, 0.5) is 9.18 Å². The Morgan fingerprint density at radius 3 is 2.74 bits per heavy atom. The first-order valence-electron chi connectivity index (χ1n) is 9.53. The summed E-state index contributed by atoms with van der Waals surface area (Å²) in [7, 11) is 3.35. The number of nitrogens with zero attached hydrogens (tertiary/aromatic N) is 2. The third kappa shape index (κ3) is 4.40. The van der Waals surface area contributed by atoms with Crippen LogP contribution in [-0.2, 0) is 14.9 Å². The van der Waals surface area contributed by atoms with Crippen LogP contribution in [0.3, 0.4) is 0 Å². The van der Waals surface area contributed by atoms with Crippen LogP contribution in [0.1, 0.15) is 31.2 Å². The van der Waals surface area contributed by atoms with E-state index in [1.165, 1.54) is 11.0 Å². The lowest BCUT2D eigenvalue weighted by Gasteiger charge is -2.35. The highest BCUT2D eigenvalue weighted by Crippen LogP contribution is 2.40. The number of rotatable bonds is 4. The minimum atomic E-state index is -0.622. The van der Waals surface area contributed by atoms with E-state index in [9.17, 15) is 14.0 Å². The first-order valence-corrected chi connectivity index (χ1v) is 9.53. The number of nitrogens with one attached hydrogen (secondary N) is 1. The van der Waals surface area contributed by atoms with Crippen molar-refractivity contribution in [2.45, 2.75) is 37.2 Å². The number of carbonyl (C=O) groups excluding carboxylic acids is 2. The number of benzene rings is 1. The first kappa shape index (κ1) is 19.6. The molecule has 7 heteroatoms. The number of hydrogen-bond donors (Lipinski definition) is 1. The van der Waals surface area contributed by atoms with E-state index < -0.39 is 6.10 Å². The van der Waals surface area contributed by atoms with Crippen molar-refractivity contribution in [3.8, 4) is 0 Å². The third-order valence-corrected chi connectivity index (χ3v) is 5.65. The van der Waals surface area contributed by atoms with Gasteiger partial charge >= 0.3 is 6.03 Å². The molecule has 1 aromatic rings. The Hall–Kier alpha value is -2.15. The standard InChI is InChI=1S/C20H28FN3O3/c1-23(2)18(25)17-13-24(10-11-27-17)19(26)22-14-20(8-3-4-9-20)15-6-5-7-16(21)12-15/h5-7,12,17H,3-4,8-11,13-14H2,1-2H3,(H,22,26)/t17-/m0/s1. The van der Waals surface area contributed by atoms with Gasteiger partial charge in [0.15, 0.2) is 6.10 Å². The van der Waals surface area contributed by atoms with Crippen molar-refractivity contribution < 1.29 is 18.7 Å². The summed E-state index contributed by atoms with van der Waals surface area (Å²) < 4.78 is 19.2. The van der Waals surface area contributed by atoms with Crippen molar-refractivity contribution in [2.75, 3.05) is 40.3 Å². The molecule has 2 aliphatic rings. The highest BCUT2D eigenvalue weighted by molar-refractivity contribution is 5.82. The molecule has 1 aliphatic heterocycles. The van der Waals surface area contributed by atoms with Crippen LogP contribution in [0.5, 0.6) is 0 Å². The van der Waals surface area contributed by atoms with Crippen LogP contribution in [0.25, 0.3) is 0 Å². The molecule has 1 atom stereocenters. The highest BCUT2D eigenvalue weighted by atomic mass is 19.1. The number of morpholine rings is 1. The highest BCUT2D eigenvalue weighted by Gasteiger charge is 2.37. The van der Waals surface area contributed by atoms with Crippen LogP contribution in [0.15, 0.2) is 24.3 Å². The van der Waals surface area contributed by atoms with Gasteiger partial charge in [-0.25, -0.2) is 9.18 Å². The molecular weight excluding hydrogens is 349 g/mol. The summed E-state index contributed by atoms with van der Waals surface area (Å²) >= 11 is 0. The fourth-order valence-electron chi connectivity index (χ4n) is 4.07. The predicted molar refractivity (Wildman–Crippen MR) is 100.0 cm³/mol. The van der Waals surface area contributed by atoms with Gasteiger partial charge in [-0.15, -0.1) is 0 Å². The van der Waals surface area contributed by atoms with Gasteiger partial charge in [0.1, 0.15) is 5.82 Å². The van der Waals surface area contributed by atoms with Crippen LogP contribution in [0.2, 0.25) is 0 Å². The van der Waals surface area contributed by atoms with E-state index in [0.29, 0.717) is 19.7 Å². The molecule has 1 aliphatic carbocycles. The number of likely N-dealkylation sites (N-methyl/N-ethyl adjacent to an activating group) is 1. The molecule has 2 fully saturated rings. The normalized spacial score (nSPS) is 21.7. The zero-order valence-corrected chi connectivity index (χ0v) is 16.0. The molecule has 1 heterocycles. The molecular formula is C20H28FN3O3. The van der Waals surface area contributed by atoms with Gasteiger partial charge in [0.25, 0.3) is 5.91 Å². The van der Waals surface area contributed by atoms with Gasteiger partial charge in [0.05, 0.1) is 13.2 Å². The van der Waals surface area contributed by atoms with Crippen molar-refractivity contribution in [3.05, 3.63) is 35.6 Å². The summed E-state index contributed by atoms with van der Waals surface area (Å²) in [6.07, 6.45) is 3.39. The Kier molecular flexibility index (Phi) is 5.99. The summed E-state index contributed by atoms with van der Waals surface area (Å²) in [5, 5.41) is 3.03. The van der Waals surface area contributed by atoms with E-state index in [1.54, 1.807) is 31.1 Å². The topological polar surface area (TPSA) is 61.9 Å². The van der Waals surface area contributed by atoms with E-state index in [4.69, 9.17) is 4.74 Å². The van der Waals surface area contributed by atoms with Crippen molar-refractivity contribution in [1.82, 2.24) is 15.1 Å². The van der Waals surface area contributed by atoms with Gasteiger partial charge in [-0.1, -0.05) is 25.0 Å². The van der Waals surface area contributed by atoms with E-state index in [-0.39, 0.29) is 29.7 Å². The maximum atomic E-state index is 13.7. The van der Waals surface area contributed by atoms with Crippen molar-refractivity contribution in [3.63, 3.8) is 0 Å². The molecule has 148 valence electrons. The summed E-state index contributed by atoms with van der Waals surface area (Å²) in [5.41, 5.74) is 0.728. The second kappa shape index (κ2) is 8.25. The predicted octanol–water partition coefficient (Wildman–Crippen LogP) is 2.14. The maximum Gasteiger partial charge on any atom is 0.317 e. The molecule has 3 amide bonds. The number of hydrogen-bond acceptors (Lipinski definition) is 3. The second-order valence-electron chi connectivity index (χ2n) is 7.69. The van der Waals surface area contributed by atoms with Gasteiger partial charge in [-0.05, 0) is 30.5 Å². The van der Waals surface area contributed by atoms with Gasteiger partial charge in [0, 0.05) is 32.6 Å². The zero-order valence-electron chi connectivity index (χ0n) is 16.0. The summed E-state index contributed by atoms with van der Waals surface area (Å²) in [4.78, 5) is 27.9. The van der Waals surface area contributed by atoms with Crippen molar-refractivity contribution >= 4 is 11.9 Å². The van der Waals surface area contributed by atoms with E-state index in [0.717, 1.165) is 31.2 Å². The first-order chi connectivity index (χ1) is 12.9. The summed E-state index contributed by atoms with van der Waals surface area (Å²) in [6, 6.07) is 6.50. The largest absolute Gasteiger partial charge is 0.365 e. The Morgan fingerprint density at radius 2 is 2.07 bits per heavy atom. The Bertz CT molecular complexity index is 689. The van der Waals surface area contributed by atoms with Crippen LogP contribution in [0, 0.1) is 5.82 Å². The van der Waals surface area contributed by atoms with E-state index in [1.807, 2.05) is 6.07 Å². The summed E-state index contributed by atoms with van der Waals surface area (Å²) in [5.74, 6) is -0.386. The number of halogens is 1. The molecule has 0 radical (unpaired) electrons. The molecule has 27 heavy (non-hydrogen) atoms. The van der Waals surface area contributed by atoms with Gasteiger partial charge in [-0.3, -0.25) is 4.79 Å². The smallest absolute Gasteiger partial charge is 0.317 e. The Balaban J connectivity index is 1.64. The minimum Gasteiger partial charge on any atom is -0.365 e. The molecule has 1 saturated heterocycles. The monoisotopic (exact) mass is 377 g/mol. The van der Waals surface area contributed by atoms with E-state index in [2.05, 4.69) is 5.32 Å². The molecule has 0 bridgehead atoms. The van der Waals surface area contributed by atoms with Crippen molar-refractivity contribution in [1.29, 1.82) is 0 Å². The fraction of sp³-hybridized carbons (Fsp3) is 0.600. The lowest BCUT2D eigenvalue weighted by molar-refractivity contribution is -0.145. The lowest BCUT2D eigenvalue weighted by atomic mass is 9.79. The fourth-order valence-corrected chi connectivity index (χ4v) is 4.07. The number of urea groups is 1. The molecule has 0 unspecified atom stereocenters. The van der Waals surface area contributed by atoms with Crippen molar-refractivity contribution in [2.24, 2.45) is 0 Å². The third-order valence-electron chi connectivity index (χ3n) is 5.65. The average Bonchev–Trinajstić information content (AvgIpc) is 3.16. The van der Waals surface area contributed by atoms with Crippen LogP contribution < -0.4 is 5.32 Å². The molecule has 1 aromatic carbocycles. The number of amides is 3. The number of ether oxygens (including phenoxy) is 1. The second-order valence-corrected chi connectivity index (χ2v) is 7.69. The quantitative estimate of drug-likeness (QED) is 0.875. The average molecular weight is 377 g/mol. The summed E-state index contributed by atoms with van der Waals surface area (Å²) in [6.45, 7) is 1.51. The van der Waals surface area contributed by atoms with E-state index >= 15 is 0 Å². The number of carbonyl (C=O) groups is 2.